The van der Waals surface area contributed by atoms with Crippen LogP contribution in [0.1, 0.15) is 24.5 Å². The minimum Gasteiger partial charge on any atom is -0.457 e. The lowest BCUT2D eigenvalue weighted by Gasteiger charge is -2.42. The number of nitrogens with one attached hydrogen (secondary N) is 2. The average molecular weight is 472 g/mol. The molecule has 10 heteroatoms. The first-order valence-corrected chi connectivity index (χ1v) is 10.8. The van der Waals surface area contributed by atoms with Crippen LogP contribution in [0.15, 0.2) is 60.7 Å². The van der Waals surface area contributed by atoms with Crippen LogP contribution in [0.25, 0.3) is 0 Å². The van der Waals surface area contributed by atoms with Gasteiger partial charge in [0.15, 0.2) is 6.10 Å². The lowest BCUT2D eigenvalue weighted by atomic mass is 9.83. The molecule has 4 N–H and O–H groups in total. The number of hydrogen-bond acceptors (Lipinski definition) is 8. The second-order valence-electron chi connectivity index (χ2n) is 7.92. The first-order chi connectivity index (χ1) is 16.3. The van der Waals surface area contributed by atoms with Gasteiger partial charge in [-0.2, -0.15) is 0 Å². The summed E-state index contributed by atoms with van der Waals surface area (Å²) in [6.45, 7) is 1.17. The molecule has 5 atom stereocenters. The van der Waals surface area contributed by atoms with E-state index in [0.717, 1.165) is 18.1 Å². The predicted octanol–water partition coefficient (Wildman–Crippen LogP) is 1.63. The maximum Gasteiger partial charge on any atom is 0.407 e. The van der Waals surface area contributed by atoms with Crippen molar-refractivity contribution in [3.63, 3.8) is 0 Å². The zero-order chi connectivity index (χ0) is 24.5. The Labute approximate surface area is 196 Å². The van der Waals surface area contributed by atoms with Crippen LogP contribution >= 0.6 is 0 Å². The quantitative estimate of drug-likeness (QED) is 0.352. The second-order valence-corrected chi connectivity index (χ2v) is 7.92. The molecule has 182 valence electrons. The molecule has 3 rings (SSSR count). The van der Waals surface area contributed by atoms with Crippen molar-refractivity contribution in [2.24, 2.45) is 0 Å². The van der Waals surface area contributed by atoms with E-state index in [-0.39, 0.29) is 19.6 Å². The molecular weight excluding hydrogens is 444 g/mol. The van der Waals surface area contributed by atoms with Crippen LogP contribution in [0, 0.1) is 0 Å². The highest BCUT2D eigenvalue weighted by molar-refractivity contribution is 5.69. The lowest BCUT2D eigenvalue weighted by Crippen LogP contribution is -2.65. The summed E-state index contributed by atoms with van der Waals surface area (Å²) in [5.74, 6) is -0.700. The van der Waals surface area contributed by atoms with Crippen LogP contribution in [0.4, 0.5) is 9.59 Å². The molecule has 2 amide bonds. The monoisotopic (exact) mass is 472 g/mol. The predicted molar refractivity (Wildman–Crippen MR) is 119 cm³/mol. The van der Waals surface area contributed by atoms with Gasteiger partial charge in [0.05, 0.1) is 12.1 Å². The van der Waals surface area contributed by atoms with E-state index in [1.165, 1.54) is 0 Å². The molecule has 0 radical (unpaired) electrons. The Morgan fingerprint density at radius 2 is 1.26 bits per heavy atom. The van der Waals surface area contributed by atoms with Crippen LogP contribution in [0.2, 0.25) is 0 Å². The van der Waals surface area contributed by atoms with Crippen LogP contribution in [0.5, 0.6) is 0 Å². The van der Waals surface area contributed by atoms with Gasteiger partial charge in [-0.3, -0.25) is 4.79 Å². The van der Waals surface area contributed by atoms with Gasteiger partial charge in [-0.25, -0.2) is 9.59 Å². The standard InChI is InChI=1S/C24H28N2O8/c1-15(27)34-22-19(26-24(31)33-14-17-10-6-3-7-11-17)12-18(20(28)21(22)29)25-23(30)32-13-16-8-4-2-5-9-16/h2-11,18-22,28-29H,12-14H2,1H3,(H,25,30)(H,26,31)/t18-,19+,20-,21-,22-/m0/s1. The van der Waals surface area contributed by atoms with Crippen LogP contribution in [0.3, 0.4) is 0 Å². The van der Waals surface area contributed by atoms with E-state index < -0.39 is 48.6 Å². The van der Waals surface area contributed by atoms with Crippen molar-refractivity contribution in [1.29, 1.82) is 0 Å². The van der Waals surface area contributed by atoms with Crippen molar-refractivity contribution in [1.82, 2.24) is 10.6 Å². The third kappa shape index (κ3) is 7.19. The average Bonchev–Trinajstić information content (AvgIpc) is 2.83. The van der Waals surface area contributed by atoms with E-state index in [0.29, 0.717) is 0 Å². The molecule has 2 aromatic rings. The highest BCUT2D eigenvalue weighted by Crippen LogP contribution is 2.24. The fourth-order valence-corrected chi connectivity index (χ4v) is 3.68. The maximum absolute atomic E-state index is 12.4. The van der Waals surface area contributed by atoms with Gasteiger partial charge < -0.3 is 35.1 Å². The first-order valence-electron chi connectivity index (χ1n) is 10.8. The van der Waals surface area contributed by atoms with Gasteiger partial charge in [-0.05, 0) is 17.5 Å². The van der Waals surface area contributed by atoms with E-state index in [1.54, 1.807) is 48.5 Å². The summed E-state index contributed by atoms with van der Waals surface area (Å²) >= 11 is 0. The van der Waals surface area contributed by atoms with E-state index in [2.05, 4.69) is 10.6 Å². The van der Waals surface area contributed by atoms with Gasteiger partial charge in [0.2, 0.25) is 0 Å². The molecule has 10 nitrogen and oxygen atoms in total. The van der Waals surface area contributed by atoms with Crippen LogP contribution < -0.4 is 10.6 Å². The van der Waals surface area contributed by atoms with E-state index in [1.807, 2.05) is 12.1 Å². The molecule has 2 aromatic carbocycles. The van der Waals surface area contributed by atoms with E-state index in [9.17, 15) is 24.6 Å². The lowest BCUT2D eigenvalue weighted by molar-refractivity contribution is -0.168. The summed E-state index contributed by atoms with van der Waals surface area (Å²) in [4.78, 5) is 36.2. The smallest absolute Gasteiger partial charge is 0.407 e. The summed E-state index contributed by atoms with van der Waals surface area (Å²) in [6.07, 6.45) is -5.94. The second kappa shape index (κ2) is 12.0. The highest BCUT2D eigenvalue weighted by atomic mass is 16.6. The van der Waals surface area contributed by atoms with Crippen molar-refractivity contribution in [2.45, 2.75) is 57.0 Å². The number of alkyl carbamates (subject to hydrolysis) is 2. The molecule has 0 bridgehead atoms. The molecule has 0 unspecified atom stereocenters. The van der Waals surface area contributed by atoms with Crippen molar-refractivity contribution < 1.29 is 38.8 Å². The molecule has 1 fully saturated rings. The molecule has 0 heterocycles. The molecule has 0 aromatic heterocycles. The normalized spacial score (nSPS) is 23.9. The van der Waals surface area contributed by atoms with Crippen molar-refractivity contribution in [2.75, 3.05) is 0 Å². The van der Waals surface area contributed by atoms with Crippen LogP contribution in [-0.2, 0) is 32.2 Å². The topological polar surface area (TPSA) is 143 Å². The fraction of sp³-hybridized carbons (Fsp3) is 0.375. The minimum atomic E-state index is -1.57. The maximum atomic E-state index is 12.4. The number of ether oxygens (including phenoxy) is 3. The summed E-state index contributed by atoms with van der Waals surface area (Å²) in [5, 5.41) is 26.1. The third-order valence-electron chi connectivity index (χ3n) is 5.34. The number of carbonyl (C=O) groups excluding carboxylic acids is 3. The van der Waals surface area contributed by atoms with Crippen LogP contribution in [-0.4, -0.2) is 58.8 Å². The Kier molecular flexibility index (Phi) is 8.83. The first kappa shape index (κ1) is 25.0. The number of benzene rings is 2. The number of aliphatic hydroxyl groups excluding tert-OH is 2. The van der Waals surface area contributed by atoms with Gasteiger partial charge in [-0.15, -0.1) is 0 Å². The molecule has 1 aliphatic rings. The molecule has 1 aliphatic carbocycles. The Bertz CT molecular complexity index is 956. The molecular formula is C24H28N2O8. The van der Waals surface area contributed by atoms with Gasteiger partial charge in [0, 0.05) is 6.92 Å². The highest BCUT2D eigenvalue weighted by Gasteiger charge is 2.46. The van der Waals surface area contributed by atoms with Crippen molar-refractivity contribution in [3.8, 4) is 0 Å². The number of rotatable bonds is 7. The Balaban J connectivity index is 1.61. The molecule has 34 heavy (non-hydrogen) atoms. The summed E-state index contributed by atoms with van der Waals surface area (Å²) < 4.78 is 15.5. The molecule has 1 saturated carbocycles. The zero-order valence-electron chi connectivity index (χ0n) is 18.6. The molecule has 0 saturated heterocycles. The molecule has 0 spiro atoms. The Morgan fingerprint density at radius 3 is 1.74 bits per heavy atom. The zero-order valence-corrected chi connectivity index (χ0v) is 18.6. The number of aliphatic hydroxyl groups is 2. The SMILES string of the molecule is CC(=O)O[C@@H]1[C@@H](O)[C@@H](O)[C@@H](NC(=O)OCc2ccccc2)C[C@H]1NC(=O)OCc1ccccc1. The van der Waals surface area contributed by atoms with E-state index >= 15 is 0 Å². The number of amides is 2. The van der Waals surface area contributed by atoms with E-state index in [4.69, 9.17) is 14.2 Å². The summed E-state index contributed by atoms with van der Waals surface area (Å²) in [5.41, 5.74) is 1.55. The fourth-order valence-electron chi connectivity index (χ4n) is 3.68. The van der Waals surface area contributed by atoms with Gasteiger partial charge >= 0.3 is 18.2 Å². The van der Waals surface area contributed by atoms with Gasteiger partial charge in [0.1, 0.15) is 25.4 Å². The Morgan fingerprint density at radius 1 is 0.794 bits per heavy atom. The minimum absolute atomic E-state index is 0.0102. The van der Waals surface area contributed by atoms with Gasteiger partial charge in [-0.1, -0.05) is 60.7 Å². The largest absolute Gasteiger partial charge is 0.457 e. The Hall–Kier alpha value is -3.63. The van der Waals surface area contributed by atoms with Gasteiger partial charge in [0.25, 0.3) is 0 Å². The summed E-state index contributed by atoms with van der Waals surface area (Å²) in [6, 6.07) is 16.1. The number of hydrogen-bond donors (Lipinski definition) is 4. The summed E-state index contributed by atoms with van der Waals surface area (Å²) in [7, 11) is 0. The van der Waals surface area contributed by atoms with Crippen molar-refractivity contribution in [3.05, 3.63) is 71.8 Å². The third-order valence-corrected chi connectivity index (χ3v) is 5.34. The number of carbonyl (C=O) groups is 3. The number of esters is 1. The van der Waals surface area contributed by atoms with Crippen molar-refractivity contribution >= 4 is 18.2 Å². The molecule has 0 aliphatic heterocycles.